The van der Waals surface area contributed by atoms with Crippen molar-refractivity contribution in [1.82, 2.24) is 0 Å². The van der Waals surface area contributed by atoms with Gasteiger partial charge in [-0.25, -0.2) is 4.39 Å². The van der Waals surface area contributed by atoms with E-state index in [0.717, 1.165) is 12.8 Å². The highest BCUT2D eigenvalue weighted by molar-refractivity contribution is 5.16. The third kappa shape index (κ3) is 2.54. The Labute approximate surface area is 113 Å². The van der Waals surface area contributed by atoms with Crippen molar-refractivity contribution in [1.29, 1.82) is 0 Å². The first kappa shape index (κ1) is 13.1. The number of alkyl halides is 1. The summed E-state index contributed by atoms with van der Waals surface area (Å²) < 4.78 is 25.8. The Kier molecular flexibility index (Phi) is 3.35. The van der Waals surface area contributed by atoms with Crippen LogP contribution in [0.15, 0.2) is 30.3 Å². The van der Waals surface area contributed by atoms with Crippen molar-refractivity contribution >= 4 is 0 Å². The van der Waals surface area contributed by atoms with E-state index in [9.17, 15) is 4.39 Å². The number of benzene rings is 1. The summed E-state index contributed by atoms with van der Waals surface area (Å²) in [6, 6.07) is 10.2. The molecule has 0 spiro atoms. The number of hydrogen-bond acceptors (Lipinski definition) is 2. The molecule has 0 radical (unpaired) electrons. The molecule has 104 valence electrons. The predicted octanol–water partition coefficient (Wildman–Crippen LogP) is 3.50. The molecule has 1 saturated carbocycles. The molecule has 1 aromatic rings. The lowest BCUT2D eigenvalue weighted by Gasteiger charge is -2.15. The van der Waals surface area contributed by atoms with Crippen LogP contribution in [0, 0.1) is 5.92 Å². The monoisotopic (exact) mass is 264 g/mol. The molecule has 1 aromatic carbocycles. The van der Waals surface area contributed by atoms with Crippen LogP contribution in [-0.2, 0) is 15.9 Å². The normalized spacial score (nSPS) is 38.6. The van der Waals surface area contributed by atoms with Crippen LogP contribution in [0.2, 0.25) is 0 Å². The molecule has 1 saturated heterocycles. The van der Waals surface area contributed by atoms with Gasteiger partial charge in [0.25, 0.3) is 0 Å². The zero-order valence-electron chi connectivity index (χ0n) is 11.5. The third-order valence-electron chi connectivity index (χ3n) is 4.43. The fraction of sp³-hybridized carbons (Fsp3) is 0.625. The lowest BCUT2D eigenvalue weighted by atomic mass is 10.1. The summed E-state index contributed by atoms with van der Waals surface area (Å²) in [5.41, 5.74) is 0.0140. The van der Waals surface area contributed by atoms with Gasteiger partial charge in [-0.15, -0.1) is 0 Å². The van der Waals surface area contributed by atoms with Gasteiger partial charge in [0.15, 0.2) is 12.0 Å². The Morgan fingerprint density at radius 3 is 2.42 bits per heavy atom. The number of halogens is 1. The summed E-state index contributed by atoms with van der Waals surface area (Å²) in [7, 11) is 0. The standard InChI is InChI=1S/C16H21FO2/c1-11-12(2)19-15(18-11)16(17)10-14(16)9-8-13-6-4-3-5-7-13/h3-7,11-12,14-15H,8-10H2,1-2H3/t11-,12-,14+,16+/m1/s1. The van der Waals surface area contributed by atoms with Crippen LogP contribution in [0.1, 0.15) is 32.3 Å². The number of ether oxygens (including phenoxy) is 2. The smallest absolute Gasteiger partial charge is 0.192 e. The van der Waals surface area contributed by atoms with E-state index < -0.39 is 12.0 Å². The van der Waals surface area contributed by atoms with E-state index in [-0.39, 0.29) is 18.1 Å². The highest BCUT2D eigenvalue weighted by atomic mass is 19.1. The van der Waals surface area contributed by atoms with Gasteiger partial charge in [-0.1, -0.05) is 30.3 Å². The van der Waals surface area contributed by atoms with Gasteiger partial charge < -0.3 is 9.47 Å². The molecular formula is C16H21FO2. The van der Waals surface area contributed by atoms with E-state index in [1.807, 2.05) is 32.0 Å². The molecule has 1 heterocycles. The zero-order valence-corrected chi connectivity index (χ0v) is 11.5. The van der Waals surface area contributed by atoms with Gasteiger partial charge in [0.1, 0.15) is 0 Å². The number of aryl methyl sites for hydroxylation is 1. The fourth-order valence-electron chi connectivity index (χ4n) is 2.80. The van der Waals surface area contributed by atoms with Crippen LogP contribution >= 0.6 is 0 Å². The van der Waals surface area contributed by atoms with E-state index in [4.69, 9.17) is 9.47 Å². The van der Waals surface area contributed by atoms with Crippen molar-refractivity contribution in [2.75, 3.05) is 0 Å². The van der Waals surface area contributed by atoms with Crippen molar-refractivity contribution in [2.45, 2.75) is 57.3 Å². The second kappa shape index (κ2) is 4.88. The van der Waals surface area contributed by atoms with Crippen LogP contribution < -0.4 is 0 Å². The lowest BCUT2D eigenvalue weighted by Crippen LogP contribution is -2.27. The number of hydrogen-bond donors (Lipinski definition) is 0. The lowest BCUT2D eigenvalue weighted by molar-refractivity contribution is -0.125. The second-order valence-electron chi connectivity index (χ2n) is 5.87. The largest absolute Gasteiger partial charge is 0.344 e. The minimum absolute atomic E-state index is 0.00648. The van der Waals surface area contributed by atoms with E-state index >= 15 is 0 Å². The maximum Gasteiger partial charge on any atom is 0.192 e. The quantitative estimate of drug-likeness (QED) is 0.828. The van der Waals surface area contributed by atoms with Gasteiger partial charge in [0, 0.05) is 5.92 Å². The fourth-order valence-corrected chi connectivity index (χ4v) is 2.80. The summed E-state index contributed by atoms with van der Waals surface area (Å²) in [5, 5.41) is 0. The predicted molar refractivity (Wildman–Crippen MR) is 71.6 cm³/mol. The van der Waals surface area contributed by atoms with Crippen molar-refractivity contribution < 1.29 is 13.9 Å². The molecule has 2 nitrogen and oxygen atoms in total. The van der Waals surface area contributed by atoms with Crippen LogP contribution in [0.25, 0.3) is 0 Å². The highest BCUT2D eigenvalue weighted by Crippen LogP contribution is 2.55. The van der Waals surface area contributed by atoms with E-state index in [1.165, 1.54) is 5.56 Å². The number of rotatable bonds is 4. The van der Waals surface area contributed by atoms with Crippen molar-refractivity contribution in [3.05, 3.63) is 35.9 Å². The molecule has 3 heteroatoms. The molecule has 0 N–H and O–H groups in total. The van der Waals surface area contributed by atoms with Crippen LogP contribution in [0.4, 0.5) is 4.39 Å². The minimum Gasteiger partial charge on any atom is -0.344 e. The van der Waals surface area contributed by atoms with Crippen LogP contribution in [-0.4, -0.2) is 24.2 Å². The van der Waals surface area contributed by atoms with Gasteiger partial charge in [-0.05, 0) is 38.7 Å². The van der Waals surface area contributed by atoms with Gasteiger partial charge in [0.2, 0.25) is 0 Å². The summed E-state index contributed by atoms with van der Waals surface area (Å²) in [6.45, 7) is 3.88. The minimum atomic E-state index is -1.26. The van der Waals surface area contributed by atoms with E-state index in [1.54, 1.807) is 0 Å². The van der Waals surface area contributed by atoms with E-state index in [2.05, 4.69) is 12.1 Å². The second-order valence-corrected chi connectivity index (χ2v) is 5.87. The molecule has 1 aliphatic carbocycles. The maximum absolute atomic E-state index is 14.7. The molecule has 0 amide bonds. The Balaban J connectivity index is 1.53. The van der Waals surface area contributed by atoms with Crippen LogP contribution in [0.3, 0.4) is 0 Å². The zero-order chi connectivity index (χ0) is 13.5. The molecule has 0 aromatic heterocycles. The van der Waals surface area contributed by atoms with Crippen molar-refractivity contribution in [3.8, 4) is 0 Å². The van der Waals surface area contributed by atoms with E-state index in [0.29, 0.717) is 6.42 Å². The first-order chi connectivity index (χ1) is 9.09. The first-order valence-corrected chi connectivity index (χ1v) is 7.13. The summed E-state index contributed by atoms with van der Waals surface area (Å²) in [5.74, 6) is 0.0789. The molecule has 0 bridgehead atoms. The van der Waals surface area contributed by atoms with Gasteiger partial charge in [-0.3, -0.25) is 0 Å². The molecule has 3 rings (SSSR count). The molecule has 2 aliphatic rings. The Bertz CT molecular complexity index is 426. The topological polar surface area (TPSA) is 18.5 Å². The molecule has 2 fully saturated rings. The van der Waals surface area contributed by atoms with Gasteiger partial charge in [0.05, 0.1) is 12.2 Å². The SMILES string of the molecule is C[C@H]1OC([C@]2(F)C[C@@H]2CCc2ccccc2)O[C@@H]1C. The summed E-state index contributed by atoms with van der Waals surface area (Å²) in [6.07, 6.45) is 1.70. The third-order valence-corrected chi connectivity index (χ3v) is 4.43. The molecule has 0 unspecified atom stereocenters. The molecular weight excluding hydrogens is 243 g/mol. The highest BCUT2D eigenvalue weighted by Gasteiger charge is 2.63. The Morgan fingerprint density at radius 2 is 1.79 bits per heavy atom. The molecule has 19 heavy (non-hydrogen) atoms. The Hall–Kier alpha value is -0.930. The Morgan fingerprint density at radius 1 is 1.16 bits per heavy atom. The average Bonchev–Trinajstić information content (AvgIpc) is 2.96. The van der Waals surface area contributed by atoms with Crippen molar-refractivity contribution in [3.63, 3.8) is 0 Å². The summed E-state index contributed by atoms with van der Waals surface area (Å²) >= 11 is 0. The van der Waals surface area contributed by atoms with Gasteiger partial charge >= 0.3 is 0 Å². The average molecular weight is 264 g/mol. The van der Waals surface area contributed by atoms with Crippen molar-refractivity contribution in [2.24, 2.45) is 5.92 Å². The first-order valence-electron chi connectivity index (χ1n) is 7.13. The summed E-state index contributed by atoms with van der Waals surface area (Å²) in [4.78, 5) is 0. The van der Waals surface area contributed by atoms with Crippen LogP contribution in [0.5, 0.6) is 0 Å². The molecule has 1 aliphatic heterocycles. The molecule has 4 atom stereocenters. The maximum atomic E-state index is 14.7. The van der Waals surface area contributed by atoms with Gasteiger partial charge in [-0.2, -0.15) is 0 Å².